The Labute approximate surface area is 124 Å². The Morgan fingerprint density at radius 1 is 1.50 bits per heavy atom. The molecule has 0 aliphatic carbocycles. The fourth-order valence-corrected chi connectivity index (χ4v) is 3.09. The van der Waals surface area contributed by atoms with E-state index < -0.39 is 0 Å². The fourth-order valence-electron chi connectivity index (χ4n) is 2.07. The van der Waals surface area contributed by atoms with E-state index in [0.717, 1.165) is 29.6 Å². The molecule has 6 heteroatoms. The smallest absolute Gasteiger partial charge is 0.185 e. The van der Waals surface area contributed by atoms with Crippen LogP contribution in [0.3, 0.4) is 0 Å². The monoisotopic (exact) mass is 293 g/mol. The van der Waals surface area contributed by atoms with Crippen LogP contribution in [0, 0.1) is 0 Å². The fraction of sp³-hybridized carbons (Fsp3) is 0.571. The average molecular weight is 293 g/mol. The van der Waals surface area contributed by atoms with Crippen molar-refractivity contribution in [3.63, 3.8) is 0 Å². The minimum Gasteiger partial charge on any atom is -0.344 e. The van der Waals surface area contributed by atoms with Gasteiger partial charge in [-0.05, 0) is 12.3 Å². The zero-order chi connectivity index (χ0) is 14.7. The maximum Gasteiger partial charge on any atom is 0.185 e. The van der Waals surface area contributed by atoms with E-state index in [1.807, 2.05) is 31.1 Å². The first-order valence-electron chi connectivity index (χ1n) is 6.93. The second-order valence-electron chi connectivity index (χ2n) is 5.13. The largest absolute Gasteiger partial charge is 0.344 e. The van der Waals surface area contributed by atoms with E-state index in [4.69, 9.17) is 10.7 Å². The van der Waals surface area contributed by atoms with Crippen molar-refractivity contribution in [2.75, 3.05) is 11.9 Å². The van der Waals surface area contributed by atoms with E-state index in [9.17, 15) is 0 Å². The van der Waals surface area contributed by atoms with Crippen molar-refractivity contribution in [1.82, 2.24) is 14.5 Å². The summed E-state index contributed by atoms with van der Waals surface area (Å²) in [6.07, 6.45) is 4.86. The molecule has 2 N–H and O–H groups in total. The van der Waals surface area contributed by atoms with Gasteiger partial charge in [0.2, 0.25) is 0 Å². The van der Waals surface area contributed by atoms with Crippen molar-refractivity contribution in [2.45, 2.75) is 39.3 Å². The second kappa shape index (κ2) is 6.37. The summed E-state index contributed by atoms with van der Waals surface area (Å²) < 4.78 is 2.03. The third kappa shape index (κ3) is 3.02. The molecule has 0 aliphatic rings. The summed E-state index contributed by atoms with van der Waals surface area (Å²) in [6, 6.07) is 0. The minimum atomic E-state index is 0.458. The number of rotatable bonds is 6. The molecule has 0 aromatic carbocycles. The maximum atomic E-state index is 5.85. The molecule has 2 rings (SSSR count). The number of nitrogens with zero attached hydrogens (tertiary/aromatic N) is 4. The second-order valence-corrected chi connectivity index (χ2v) is 6.19. The number of aromatic nitrogens is 3. The Balaban J connectivity index is 2.20. The first-order chi connectivity index (χ1) is 9.56. The zero-order valence-corrected chi connectivity index (χ0v) is 13.4. The number of hydrogen-bond donors (Lipinski definition) is 1. The van der Waals surface area contributed by atoms with Crippen molar-refractivity contribution in [2.24, 2.45) is 12.8 Å². The van der Waals surface area contributed by atoms with Gasteiger partial charge in [-0.1, -0.05) is 13.8 Å². The van der Waals surface area contributed by atoms with Crippen LogP contribution in [0.2, 0.25) is 0 Å². The Bertz CT molecular complexity index is 560. The summed E-state index contributed by atoms with van der Waals surface area (Å²) in [5, 5.41) is 1.02. The Kier molecular flexibility index (Phi) is 4.77. The van der Waals surface area contributed by atoms with Gasteiger partial charge in [0.15, 0.2) is 5.13 Å². The highest BCUT2D eigenvalue weighted by Gasteiger charge is 2.17. The summed E-state index contributed by atoms with van der Waals surface area (Å²) >= 11 is 1.69. The first kappa shape index (κ1) is 15.0. The Hall–Kier alpha value is -1.40. The third-order valence-corrected chi connectivity index (χ3v) is 4.81. The lowest BCUT2D eigenvalue weighted by molar-refractivity contribution is 0.699. The molecular formula is C14H23N5S. The molecule has 20 heavy (non-hydrogen) atoms. The standard InChI is InChI=1S/C14H23N5S/c1-5-10(2)13-11(8-15)20-14(17-13)19(4)9-12-16-6-7-18(12)3/h6-7,10H,5,8-9,15H2,1-4H3. The van der Waals surface area contributed by atoms with Crippen molar-refractivity contribution >= 4 is 16.5 Å². The van der Waals surface area contributed by atoms with Crippen LogP contribution in [-0.4, -0.2) is 21.6 Å². The highest BCUT2D eigenvalue weighted by atomic mass is 32.1. The predicted molar refractivity (Wildman–Crippen MR) is 84.0 cm³/mol. The summed E-state index contributed by atoms with van der Waals surface area (Å²) in [4.78, 5) is 12.5. The van der Waals surface area contributed by atoms with Crippen LogP contribution >= 0.6 is 11.3 Å². The molecule has 0 saturated heterocycles. The summed E-state index contributed by atoms with van der Waals surface area (Å²) in [6.45, 7) is 5.70. The van der Waals surface area contributed by atoms with Crippen molar-refractivity contribution in [3.8, 4) is 0 Å². The number of thiazole rings is 1. The molecule has 0 fully saturated rings. The molecular weight excluding hydrogens is 270 g/mol. The molecule has 2 heterocycles. The van der Waals surface area contributed by atoms with Crippen LogP contribution in [0.5, 0.6) is 0 Å². The average Bonchev–Trinajstić information content (AvgIpc) is 3.04. The molecule has 0 aliphatic heterocycles. The molecule has 110 valence electrons. The van der Waals surface area contributed by atoms with E-state index in [0.29, 0.717) is 12.5 Å². The lowest BCUT2D eigenvalue weighted by atomic mass is 10.0. The van der Waals surface area contributed by atoms with Gasteiger partial charge < -0.3 is 15.2 Å². The molecule has 0 bridgehead atoms. The van der Waals surface area contributed by atoms with Crippen LogP contribution in [0.25, 0.3) is 0 Å². The molecule has 0 saturated carbocycles. The number of imidazole rings is 1. The van der Waals surface area contributed by atoms with E-state index in [-0.39, 0.29) is 0 Å². The SMILES string of the molecule is CCC(C)c1nc(N(C)Cc2nccn2C)sc1CN. The van der Waals surface area contributed by atoms with Crippen LogP contribution in [-0.2, 0) is 20.1 Å². The first-order valence-corrected chi connectivity index (χ1v) is 7.75. The van der Waals surface area contributed by atoms with Gasteiger partial charge in [-0.25, -0.2) is 9.97 Å². The predicted octanol–water partition coefficient (Wildman–Crippen LogP) is 2.49. The molecule has 0 amide bonds. The van der Waals surface area contributed by atoms with E-state index in [2.05, 4.69) is 23.7 Å². The number of anilines is 1. The van der Waals surface area contributed by atoms with Crippen molar-refractivity contribution in [3.05, 3.63) is 28.8 Å². The van der Waals surface area contributed by atoms with E-state index in [1.165, 1.54) is 4.88 Å². The lowest BCUT2D eigenvalue weighted by Gasteiger charge is -2.15. The van der Waals surface area contributed by atoms with Gasteiger partial charge in [0.1, 0.15) is 5.82 Å². The third-order valence-electron chi connectivity index (χ3n) is 3.61. The van der Waals surface area contributed by atoms with Gasteiger partial charge in [0.05, 0.1) is 12.2 Å². The van der Waals surface area contributed by atoms with Gasteiger partial charge in [-0.2, -0.15) is 0 Å². The van der Waals surface area contributed by atoms with Crippen LogP contribution in [0.15, 0.2) is 12.4 Å². The molecule has 0 spiro atoms. The zero-order valence-electron chi connectivity index (χ0n) is 12.6. The number of hydrogen-bond acceptors (Lipinski definition) is 5. The van der Waals surface area contributed by atoms with Gasteiger partial charge in [-0.3, -0.25) is 0 Å². The highest BCUT2D eigenvalue weighted by molar-refractivity contribution is 7.15. The van der Waals surface area contributed by atoms with E-state index >= 15 is 0 Å². The maximum absolute atomic E-state index is 5.85. The van der Waals surface area contributed by atoms with Gasteiger partial charge in [0.25, 0.3) is 0 Å². The quantitative estimate of drug-likeness (QED) is 0.889. The van der Waals surface area contributed by atoms with Gasteiger partial charge in [0, 0.05) is 37.9 Å². The van der Waals surface area contributed by atoms with Crippen molar-refractivity contribution in [1.29, 1.82) is 0 Å². The molecule has 5 nitrogen and oxygen atoms in total. The summed E-state index contributed by atoms with van der Waals surface area (Å²) in [7, 11) is 4.06. The lowest BCUT2D eigenvalue weighted by Crippen LogP contribution is -2.18. The molecule has 1 atom stereocenters. The summed E-state index contributed by atoms with van der Waals surface area (Å²) in [5.41, 5.74) is 7.01. The number of aryl methyl sites for hydroxylation is 1. The van der Waals surface area contributed by atoms with Crippen LogP contribution < -0.4 is 10.6 Å². The molecule has 0 radical (unpaired) electrons. The Morgan fingerprint density at radius 3 is 2.80 bits per heavy atom. The molecule has 2 aromatic rings. The normalized spacial score (nSPS) is 12.7. The molecule has 1 unspecified atom stereocenters. The van der Waals surface area contributed by atoms with Gasteiger partial charge >= 0.3 is 0 Å². The highest BCUT2D eigenvalue weighted by Crippen LogP contribution is 2.31. The van der Waals surface area contributed by atoms with Gasteiger partial charge in [-0.15, -0.1) is 11.3 Å². The van der Waals surface area contributed by atoms with Crippen LogP contribution in [0.1, 0.15) is 42.6 Å². The Morgan fingerprint density at radius 2 is 2.25 bits per heavy atom. The number of nitrogens with two attached hydrogens (primary N) is 1. The molecule has 2 aromatic heterocycles. The van der Waals surface area contributed by atoms with E-state index in [1.54, 1.807) is 11.3 Å². The van der Waals surface area contributed by atoms with Crippen LogP contribution in [0.4, 0.5) is 5.13 Å². The minimum absolute atomic E-state index is 0.458. The summed E-state index contributed by atoms with van der Waals surface area (Å²) in [5.74, 6) is 1.49. The van der Waals surface area contributed by atoms with Crippen molar-refractivity contribution < 1.29 is 0 Å². The topological polar surface area (TPSA) is 60.0 Å².